The van der Waals surface area contributed by atoms with Crippen molar-refractivity contribution in [2.75, 3.05) is 18.1 Å². The van der Waals surface area contributed by atoms with Crippen LogP contribution in [-0.2, 0) is 9.59 Å². The summed E-state index contributed by atoms with van der Waals surface area (Å²) in [5, 5.41) is 3.88. The van der Waals surface area contributed by atoms with E-state index in [1.807, 2.05) is 57.2 Å². The minimum atomic E-state index is -0.775. The molecule has 2 aliphatic rings. The third-order valence-electron chi connectivity index (χ3n) is 6.94. The molecule has 8 heteroatoms. The molecule has 0 aliphatic carbocycles. The van der Waals surface area contributed by atoms with Gasteiger partial charge in [0, 0.05) is 24.8 Å². The lowest BCUT2D eigenvalue weighted by atomic mass is 9.98. The van der Waals surface area contributed by atoms with Crippen LogP contribution in [0.2, 0.25) is 0 Å². The Bertz CT molecular complexity index is 1320. The number of amides is 3. The molecule has 5 rings (SSSR count). The predicted octanol–water partition coefficient (Wildman–Crippen LogP) is 4.40. The fourth-order valence-corrected chi connectivity index (χ4v) is 5.18. The highest BCUT2D eigenvalue weighted by Gasteiger charge is 2.52. The minimum Gasteiger partial charge on any atom is -0.490 e. The third-order valence-corrected chi connectivity index (χ3v) is 6.94. The molecule has 35 heavy (non-hydrogen) atoms. The molecule has 1 N–H and O–H groups in total. The molecule has 3 heterocycles. The SMILES string of the molecule is CCOc1cccc2cc(C(C)NC(=O)CCN3C(=O)c4ccccc4N4C(=O)CCC34C)oc12. The number of carbonyl (C=O) groups excluding carboxylic acids is 3. The number of nitrogens with zero attached hydrogens (tertiary/aromatic N) is 2. The number of hydrogen-bond acceptors (Lipinski definition) is 5. The number of carbonyl (C=O) groups is 3. The molecule has 8 nitrogen and oxygen atoms in total. The van der Waals surface area contributed by atoms with Crippen LogP contribution in [0.3, 0.4) is 0 Å². The van der Waals surface area contributed by atoms with Crippen LogP contribution in [0, 0.1) is 0 Å². The largest absolute Gasteiger partial charge is 0.490 e. The quantitative estimate of drug-likeness (QED) is 0.547. The molecule has 2 unspecified atom stereocenters. The van der Waals surface area contributed by atoms with Crippen molar-refractivity contribution >= 4 is 34.4 Å². The van der Waals surface area contributed by atoms with Gasteiger partial charge in [-0.15, -0.1) is 0 Å². The van der Waals surface area contributed by atoms with Crippen molar-refractivity contribution in [3.63, 3.8) is 0 Å². The van der Waals surface area contributed by atoms with Gasteiger partial charge < -0.3 is 19.4 Å². The van der Waals surface area contributed by atoms with E-state index in [0.717, 1.165) is 5.39 Å². The zero-order valence-electron chi connectivity index (χ0n) is 20.2. The zero-order valence-corrected chi connectivity index (χ0v) is 20.2. The highest BCUT2D eigenvalue weighted by molar-refractivity contribution is 6.10. The standard InChI is InChI=1S/C27H29N3O5/c1-4-34-21-11-7-8-18-16-22(35-25(18)21)17(2)28-23(31)13-15-29-26(33)19-9-5-6-10-20(19)30-24(32)12-14-27(29,30)3/h5-11,16-17H,4,12-15H2,1-3H3,(H,28,31). The van der Waals surface area contributed by atoms with Crippen LogP contribution in [0.25, 0.3) is 11.0 Å². The number of anilines is 1. The van der Waals surface area contributed by atoms with Crippen molar-refractivity contribution in [2.45, 2.75) is 51.7 Å². The van der Waals surface area contributed by atoms with E-state index in [0.29, 0.717) is 47.8 Å². The normalized spacial score (nSPS) is 20.1. The Morgan fingerprint density at radius 2 is 2.00 bits per heavy atom. The van der Waals surface area contributed by atoms with Crippen molar-refractivity contribution < 1.29 is 23.5 Å². The van der Waals surface area contributed by atoms with E-state index < -0.39 is 5.66 Å². The molecule has 2 aromatic carbocycles. The number of ether oxygens (including phenoxy) is 1. The number of furan rings is 1. The number of nitrogens with one attached hydrogen (secondary N) is 1. The molecule has 0 saturated carbocycles. The maximum Gasteiger partial charge on any atom is 0.257 e. The van der Waals surface area contributed by atoms with Gasteiger partial charge >= 0.3 is 0 Å². The highest BCUT2D eigenvalue weighted by Crippen LogP contribution is 2.44. The average Bonchev–Trinajstić information content (AvgIpc) is 3.41. The fraction of sp³-hybridized carbons (Fsp3) is 0.370. The zero-order chi connectivity index (χ0) is 24.7. The fourth-order valence-electron chi connectivity index (χ4n) is 5.18. The van der Waals surface area contributed by atoms with E-state index >= 15 is 0 Å². The van der Waals surface area contributed by atoms with Gasteiger partial charge in [0.1, 0.15) is 11.4 Å². The van der Waals surface area contributed by atoms with Crippen LogP contribution in [0.15, 0.2) is 52.9 Å². The van der Waals surface area contributed by atoms with E-state index in [2.05, 4.69) is 5.32 Å². The van der Waals surface area contributed by atoms with Crippen LogP contribution >= 0.6 is 0 Å². The number of hydrogen-bond donors (Lipinski definition) is 1. The van der Waals surface area contributed by atoms with Gasteiger partial charge in [-0.25, -0.2) is 0 Å². The summed E-state index contributed by atoms with van der Waals surface area (Å²) in [6.45, 7) is 6.41. The molecule has 0 radical (unpaired) electrons. The Morgan fingerprint density at radius 1 is 1.20 bits per heavy atom. The average molecular weight is 476 g/mol. The summed E-state index contributed by atoms with van der Waals surface area (Å²) < 4.78 is 11.6. The van der Waals surface area contributed by atoms with E-state index in [4.69, 9.17) is 9.15 Å². The van der Waals surface area contributed by atoms with Gasteiger partial charge in [0.25, 0.3) is 5.91 Å². The topological polar surface area (TPSA) is 92.1 Å². The van der Waals surface area contributed by atoms with Crippen molar-refractivity contribution in [1.29, 1.82) is 0 Å². The third kappa shape index (κ3) is 3.83. The molecule has 3 aromatic rings. The minimum absolute atomic E-state index is 0.00756. The van der Waals surface area contributed by atoms with Gasteiger partial charge in [-0.3, -0.25) is 19.3 Å². The summed E-state index contributed by atoms with van der Waals surface area (Å²) in [5.74, 6) is 0.933. The van der Waals surface area contributed by atoms with Crippen LogP contribution < -0.4 is 15.0 Å². The molecule has 0 spiro atoms. The lowest BCUT2D eigenvalue weighted by Gasteiger charge is -2.48. The first-order valence-electron chi connectivity index (χ1n) is 12.0. The lowest BCUT2D eigenvalue weighted by molar-refractivity contribution is -0.122. The van der Waals surface area contributed by atoms with Crippen molar-refractivity contribution in [3.05, 3.63) is 59.9 Å². The Kier molecular flexibility index (Phi) is 5.75. The summed E-state index contributed by atoms with van der Waals surface area (Å²) in [4.78, 5) is 42.3. The maximum absolute atomic E-state index is 13.3. The number of fused-ring (bicyclic) bond motifs is 4. The first-order chi connectivity index (χ1) is 16.8. The summed E-state index contributed by atoms with van der Waals surface area (Å²) in [7, 11) is 0. The molecule has 3 amide bonds. The van der Waals surface area contributed by atoms with Gasteiger partial charge in [0.2, 0.25) is 11.8 Å². The number of para-hydroxylation sites is 2. The van der Waals surface area contributed by atoms with E-state index in [9.17, 15) is 14.4 Å². The molecule has 1 aromatic heterocycles. The second-order valence-electron chi connectivity index (χ2n) is 9.22. The molecule has 2 atom stereocenters. The second kappa shape index (κ2) is 8.76. The number of benzene rings is 2. The monoisotopic (exact) mass is 475 g/mol. The van der Waals surface area contributed by atoms with Gasteiger partial charge in [-0.05, 0) is 51.5 Å². The first kappa shape index (κ1) is 23.0. The Morgan fingerprint density at radius 3 is 2.80 bits per heavy atom. The molecule has 182 valence electrons. The molecule has 1 saturated heterocycles. The predicted molar refractivity (Wildman–Crippen MR) is 131 cm³/mol. The Hall–Kier alpha value is -3.81. The van der Waals surface area contributed by atoms with Gasteiger partial charge in [0.05, 0.1) is 23.9 Å². The van der Waals surface area contributed by atoms with Gasteiger partial charge in [-0.1, -0.05) is 24.3 Å². The van der Waals surface area contributed by atoms with Crippen LogP contribution in [0.1, 0.15) is 62.2 Å². The molecule has 1 fully saturated rings. The van der Waals surface area contributed by atoms with Crippen molar-refractivity contribution in [3.8, 4) is 5.75 Å². The Labute approximate surface area is 203 Å². The lowest BCUT2D eigenvalue weighted by Crippen LogP contribution is -2.62. The van der Waals surface area contributed by atoms with Crippen LogP contribution in [0.5, 0.6) is 5.75 Å². The smallest absolute Gasteiger partial charge is 0.257 e. The van der Waals surface area contributed by atoms with E-state index in [-0.39, 0.29) is 36.7 Å². The summed E-state index contributed by atoms with van der Waals surface area (Å²) in [6, 6.07) is 14.4. The van der Waals surface area contributed by atoms with Crippen LogP contribution in [-0.4, -0.2) is 41.4 Å². The molecule has 0 bridgehead atoms. The van der Waals surface area contributed by atoms with Gasteiger partial charge in [-0.2, -0.15) is 0 Å². The summed E-state index contributed by atoms with van der Waals surface area (Å²) in [6.07, 6.45) is 1.01. The van der Waals surface area contributed by atoms with E-state index in [1.54, 1.807) is 21.9 Å². The van der Waals surface area contributed by atoms with Crippen LogP contribution in [0.4, 0.5) is 5.69 Å². The van der Waals surface area contributed by atoms with Crippen molar-refractivity contribution in [2.24, 2.45) is 0 Å². The first-order valence-corrected chi connectivity index (χ1v) is 12.0. The number of rotatable bonds is 7. The summed E-state index contributed by atoms with van der Waals surface area (Å²) >= 11 is 0. The highest BCUT2D eigenvalue weighted by atomic mass is 16.5. The molecular weight excluding hydrogens is 446 g/mol. The second-order valence-corrected chi connectivity index (χ2v) is 9.22. The molecular formula is C27H29N3O5. The maximum atomic E-state index is 13.3. The Balaban J connectivity index is 1.30. The van der Waals surface area contributed by atoms with Gasteiger partial charge in [0.15, 0.2) is 11.3 Å². The molecule has 2 aliphatic heterocycles. The summed E-state index contributed by atoms with van der Waals surface area (Å²) in [5.41, 5.74) is 1.01. The van der Waals surface area contributed by atoms with Crippen molar-refractivity contribution in [1.82, 2.24) is 10.2 Å². The van der Waals surface area contributed by atoms with E-state index in [1.165, 1.54) is 0 Å².